The monoisotopic (exact) mass is 2100 g/mol. The summed E-state index contributed by atoms with van der Waals surface area (Å²) in [4.78, 5) is 95.2. The van der Waals surface area contributed by atoms with Gasteiger partial charge in [-0.3, -0.25) is 19.2 Å². The van der Waals surface area contributed by atoms with E-state index in [0.717, 1.165) is 61.1 Å². The fourth-order valence-electron chi connectivity index (χ4n) is 16.2. The highest BCUT2D eigenvalue weighted by Gasteiger charge is 2.42. The van der Waals surface area contributed by atoms with Gasteiger partial charge < -0.3 is 61.5 Å². The number of aromatic nitrogens is 8. The molecule has 35 nitrogen and oxygen atoms in total. The number of nitrogens with one attached hydrogen (secondary N) is 3. The van der Waals surface area contributed by atoms with Gasteiger partial charge in [0.05, 0.1) is 65.3 Å². The van der Waals surface area contributed by atoms with Crippen LogP contribution in [0.2, 0.25) is 0 Å². The number of nitrogens with zero attached hydrogens (tertiary/aromatic N) is 12. The molecule has 146 heavy (non-hydrogen) atoms. The summed E-state index contributed by atoms with van der Waals surface area (Å²) in [5.41, 5.74) is 27.1. The van der Waals surface area contributed by atoms with E-state index in [2.05, 4.69) is 59.5 Å². The average molecular weight is 2100 g/mol. The van der Waals surface area contributed by atoms with Crippen molar-refractivity contribution >= 4 is 121 Å². The number of pyridine rings is 7. The molecule has 11 N–H and O–H groups in total. The van der Waals surface area contributed by atoms with E-state index in [9.17, 15) is 66.0 Å². The molecule has 4 fully saturated rings. The first-order chi connectivity index (χ1) is 68.6. The number of rotatable bonds is 30. The summed E-state index contributed by atoms with van der Waals surface area (Å²) >= 11 is 0.821. The minimum Gasteiger partial charge on any atom is -0.493 e. The predicted octanol–water partition coefficient (Wildman–Crippen LogP) is 16.3. The number of nitrogen functional groups attached to an aromatic ring is 4. The topological polar surface area (TPSA) is 498 Å². The van der Waals surface area contributed by atoms with Gasteiger partial charge in [-0.05, 0) is 217 Å². The Kier molecular flexibility index (Phi) is 35.8. The minimum absolute atomic E-state index is 0.00687. The maximum Gasteiger partial charge on any atom is 0.291 e. The largest absolute Gasteiger partial charge is 0.493 e. The summed E-state index contributed by atoms with van der Waals surface area (Å²) in [6, 6.07) is 38.4. The molecule has 11 aromatic rings. The van der Waals surface area contributed by atoms with Crippen LogP contribution in [0.5, 0.6) is 17.2 Å². The van der Waals surface area contributed by atoms with Gasteiger partial charge in [0.1, 0.15) is 87.0 Å². The molecule has 43 heteroatoms. The van der Waals surface area contributed by atoms with Crippen molar-refractivity contribution in [3.8, 4) is 51.0 Å². The lowest BCUT2D eigenvalue weighted by atomic mass is 9.82. The summed E-state index contributed by atoms with van der Waals surface area (Å²) in [5, 5.41) is 0.432. The van der Waals surface area contributed by atoms with Gasteiger partial charge in [-0.15, -0.1) is 11.3 Å². The first-order valence-electron chi connectivity index (χ1n) is 47.6. The number of benzene rings is 3. The van der Waals surface area contributed by atoms with Gasteiger partial charge in [0, 0.05) is 109 Å². The van der Waals surface area contributed by atoms with Crippen LogP contribution in [0.25, 0.3) is 33.8 Å². The number of sulfone groups is 1. The van der Waals surface area contributed by atoms with Crippen LogP contribution in [-0.2, 0) is 50.1 Å². The Bertz CT molecular complexity index is 7110. The lowest BCUT2D eigenvalue weighted by Crippen LogP contribution is -2.44. The van der Waals surface area contributed by atoms with Crippen LogP contribution in [-0.4, -0.2) is 187 Å². The van der Waals surface area contributed by atoms with Crippen molar-refractivity contribution in [2.45, 2.75) is 191 Å². The fraction of sp³-hybridized carbons (Fsp3) is 0.398. The van der Waals surface area contributed by atoms with E-state index in [4.69, 9.17) is 56.8 Å². The Morgan fingerprint density at radius 2 is 0.849 bits per heavy atom. The number of Topliss-reactive ketones (excluding diaryl/α,β-unsaturated/α-hetero) is 1. The number of hydrogen-bond acceptors (Lipinski definition) is 33. The second-order valence-corrected chi connectivity index (χ2v) is 47.7. The Labute approximate surface area is 854 Å². The first-order valence-corrected chi connectivity index (χ1v) is 54.6. The van der Waals surface area contributed by atoms with E-state index >= 15 is 0 Å². The molecular weight excluding hydrogens is 1980 g/mol. The summed E-state index contributed by atoms with van der Waals surface area (Å²) in [6.45, 7) is 37.6. The molecule has 4 aliphatic heterocycles. The Hall–Kier alpha value is -13.5. The average Bonchev–Trinajstić information content (AvgIpc) is 1.69. The molecule has 780 valence electrons. The van der Waals surface area contributed by atoms with Crippen LogP contribution in [0, 0.1) is 40.6 Å². The van der Waals surface area contributed by atoms with E-state index in [0.29, 0.717) is 146 Å². The van der Waals surface area contributed by atoms with Crippen molar-refractivity contribution in [3.05, 3.63) is 221 Å². The van der Waals surface area contributed by atoms with E-state index in [-0.39, 0.29) is 111 Å². The van der Waals surface area contributed by atoms with Gasteiger partial charge in [-0.25, -0.2) is 75.6 Å². The normalized spacial score (nSPS) is 15.5. The predicted molar refractivity (Wildman–Crippen MR) is 559 cm³/mol. The number of carbonyl (C=O) groups is 4. The highest BCUT2D eigenvalue weighted by Crippen LogP contribution is 2.42. The molecule has 8 aromatic heterocycles. The summed E-state index contributed by atoms with van der Waals surface area (Å²) in [7, 11) is -15.1. The number of carbonyl (C=O) groups excluding carboxylic acids is 4. The molecule has 4 aliphatic rings. The van der Waals surface area contributed by atoms with Crippen molar-refractivity contribution in [1.29, 1.82) is 0 Å². The lowest BCUT2D eigenvalue weighted by molar-refractivity contribution is 0.0817. The highest BCUT2D eigenvalue weighted by molar-refractivity contribution is 7.92. The first kappa shape index (κ1) is 111. The number of nitrogens with two attached hydrogens (primary N) is 4. The smallest absolute Gasteiger partial charge is 0.291 e. The standard InChI is InChI=1S/C28H34FN5O4S.C27H30FN5O4S.C26H32FN5O4S2.C22H30N4O4S/c1-17(2)16-38-21-14-19(13-20(29)15-21)23-10-9-22(26(31-23)34-18(3)11-12-28(34,4)5)27(35)33-39(36,37)25-8-6-7-24(30)32-25;1-17(2)16-37-21-14-19(13-20(28)15-21)23-8-7-22(26(30-23)33-11-9-18(3)10-12-33)27(34)32-38(35,36)25-6-4-5-24(29)31-25;1-16(2)14-36-19-12-17(11-18(27)13-19)21-6-5-20(23(29-21)32-9-7-26(3,4)8-10-32)24(33)31-38(34,35)25-30-22(28)15-37-25;1-22(2,3)18-9-8-16(21(24-18)26-12-10-15(30-4)11-13-26)17(27)14-31(28,29)20-7-5-6-19(23)25-20/h6-10,13-15,17-18H,11-12,16H2,1-5H3,(H2,30,32)(H,33,35);4-8,13-15,17H,3,9-12,16H2,1-2H3,(H2,29,31)(H,32,34);5-6,11-13,15-16H,7-10,14,28H2,1-4H3,(H,31,33);5-9,15H,10-14H2,1-4H3,(H2,23,25). The Morgan fingerprint density at radius 3 is 1.24 bits per heavy atom. The number of sulfonamides is 3. The molecule has 0 bridgehead atoms. The zero-order valence-corrected chi connectivity index (χ0v) is 88.4. The molecule has 0 aliphatic carbocycles. The van der Waals surface area contributed by atoms with Crippen molar-refractivity contribution in [2.24, 2.45) is 23.2 Å². The Morgan fingerprint density at radius 1 is 0.466 bits per heavy atom. The molecule has 12 heterocycles. The zero-order chi connectivity index (χ0) is 106. The van der Waals surface area contributed by atoms with Crippen molar-refractivity contribution < 1.29 is 85.0 Å². The van der Waals surface area contributed by atoms with Gasteiger partial charge in [0.15, 0.2) is 20.9 Å². The summed E-state index contributed by atoms with van der Waals surface area (Å²) in [6.07, 6.45) is 6.65. The van der Waals surface area contributed by atoms with E-state index in [1.54, 1.807) is 55.6 Å². The maximum atomic E-state index is 14.5. The van der Waals surface area contributed by atoms with Gasteiger partial charge in [-0.2, -0.15) is 25.3 Å². The second-order valence-electron chi connectivity index (χ2n) is 39.8. The number of halogens is 3. The molecule has 3 aromatic carbocycles. The zero-order valence-electron chi connectivity index (χ0n) is 84.3. The SMILES string of the molecule is C=C1CCN(c2nc(-c3cc(F)cc(OCC(C)C)c3)ccc2C(=O)NS(=O)(=O)c2cccc(N)n2)CC1.CC(C)COc1cc(F)cc(-c2ccc(C(=O)NS(=O)(=O)c3cccc(N)n3)c(N3C(C)CCC3(C)C)n2)c1.CC(C)COc1cc(F)cc(-c2ccc(C(=O)NS(=O)(=O)c3nc(N)cs3)c(N3CCC(C)(C)CC3)n2)c1.COC1CCN(c2nc(C(C)(C)C)ccc2C(=O)CS(=O)(=O)c2cccc(N)n2)CC1. The molecule has 0 spiro atoms. The molecule has 0 radical (unpaired) electrons. The molecule has 4 saturated heterocycles. The number of piperidine rings is 3. The minimum atomic E-state index is -4.30. The van der Waals surface area contributed by atoms with E-state index in [1.165, 1.54) is 115 Å². The van der Waals surface area contributed by atoms with Crippen LogP contribution in [0.4, 0.5) is 59.7 Å². The van der Waals surface area contributed by atoms with Gasteiger partial charge in [-0.1, -0.05) is 107 Å². The van der Waals surface area contributed by atoms with Gasteiger partial charge >= 0.3 is 0 Å². The molecule has 1 unspecified atom stereocenters. The summed E-state index contributed by atoms with van der Waals surface area (Å²) in [5.74, 6) is -1.67. The van der Waals surface area contributed by atoms with Crippen LogP contribution >= 0.6 is 11.3 Å². The molecule has 1 atom stereocenters. The highest BCUT2D eigenvalue weighted by atomic mass is 32.2. The van der Waals surface area contributed by atoms with E-state index < -0.39 is 86.6 Å². The number of anilines is 8. The van der Waals surface area contributed by atoms with Gasteiger partial charge in [0.2, 0.25) is 14.2 Å². The molecule has 0 saturated carbocycles. The fourth-order valence-corrected chi connectivity index (χ4v) is 21.2. The third-order valence-electron chi connectivity index (χ3n) is 24.1. The molecular formula is C103H126F3N19O16S5. The molecule has 3 amide bonds. The molecule has 15 rings (SSSR count). The van der Waals surface area contributed by atoms with Crippen LogP contribution in [0.3, 0.4) is 0 Å². The number of hydrogen-bond donors (Lipinski definition) is 7. The lowest BCUT2D eigenvalue weighted by Gasteiger charge is -2.38. The summed E-state index contributed by atoms with van der Waals surface area (Å²) < 4.78 is 175. The van der Waals surface area contributed by atoms with Crippen molar-refractivity contribution in [2.75, 3.05) is 114 Å². The van der Waals surface area contributed by atoms with Gasteiger partial charge in [0.25, 0.3) is 47.8 Å². The van der Waals surface area contributed by atoms with E-state index in [1.807, 2.05) is 103 Å². The number of ketones is 1. The Balaban J connectivity index is 0.000000174. The number of thiazole rings is 1. The van der Waals surface area contributed by atoms with Crippen molar-refractivity contribution in [3.63, 3.8) is 0 Å². The number of amides is 3. The van der Waals surface area contributed by atoms with Crippen LogP contribution in [0.1, 0.15) is 195 Å². The quantitative estimate of drug-likeness (QED) is 0.0162. The second kappa shape index (κ2) is 46.9. The third-order valence-corrected chi connectivity index (χ3v) is 30.7. The van der Waals surface area contributed by atoms with Crippen LogP contribution in [0.15, 0.2) is 195 Å². The third kappa shape index (κ3) is 29.5. The number of methoxy groups -OCH3 is 1. The maximum absolute atomic E-state index is 14.5. The number of ether oxygens (including phenoxy) is 4. The van der Waals surface area contributed by atoms with Crippen LogP contribution < -0.4 is 70.9 Å². The van der Waals surface area contributed by atoms with Crippen molar-refractivity contribution in [1.82, 2.24) is 54.0 Å².